The molecule has 0 bridgehead atoms. The van der Waals surface area contributed by atoms with Crippen molar-refractivity contribution in [2.24, 2.45) is 0 Å². The fourth-order valence-electron chi connectivity index (χ4n) is 1.47. The van der Waals surface area contributed by atoms with Crippen LogP contribution in [0.2, 0.25) is 0 Å². The Hall–Kier alpha value is -0.650. The zero-order valence-electron chi connectivity index (χ0n) is 12.3. The monoisotopic (exact) mass is 260 g/mol. The molecule has 0 aromatic carbocycles. The number of rotatable bonds is 9. The average molecular weight is 260 g/mol. The highest BCUT2D eigenvalue weighted by molar-refractivity contribution is 5.78. The Labute approximate surface area is 111 Å². The SMILES string of the molecule is CCOC(CCNCC(=O)NC(C)(C)C)OCC. The van der Waals surface area contributed by atoms with Crippen LogP contribution in [0, 0.1) is 0 Å². The topological polar surface area (TPSA) is 59.6 Å². The smallest absolute Gasteiger partial charge is 0.234 e. The molecule has 0 atom stereocenters. The van der Waals surface area contributed by atoms with E-state index in [0.29, 0.717) is 26.3 Å². The van der Waals surface area contributed by atoms with Crippen molar-refractivity contribution in [1.82, 2.24) is 10.6 Å². The number of hydrogen-bond donors (Lipinski definition) is 2. The van der Waals surface area contributed by atoms with Crippen LogP contribution >= 0.6 is 0 Å². The molecule has 0 aromatic heterocycles. The van der Waals surface area contributed by atoms with Crippen LogP contribution in [0.1, 0.15) is 41.0 Å². The summed E-state index contributed by atoms with van der Waals surface area (Å²) in [5, 5.41) is 5.98. The van der Waals surface area contributed by atoms with Gasteiger partial charge in [0.1, 0.15) is 0 Å². The molecule has 0 radical (unpaired) electrons. The van der Waals surface area contributed by atoms with E-state index in [9.17, 15) is 4.79 Å². The lowest BCUT2D eigenvalue weighted by Crippen LogP contribution is -2.45. The van der Waals surface area contributed by atoms with Gasteiger partial charge in [0.25, 0.3) is 0 Å². The molecule has 5 nitrogen and oxygen atoms in total. The predicted molar refractivity (Wildman–Crippen MR) is 72.4 cm³/mol. The Morgan fingerprint density at radius 1 is 1.17 bits per heavy atom. The summed E-state index contributed by atoms with van der Waals surface area (Å²) < 4.78 is 10.8. The highest BCUT2D eigenvalue weighted by Crippen LogP contribution is 2.00. The van der Waals surface area contributed by atoms with Crippen LogP contribution in [-0.2, 0) is 14.3 Å². The van der Waals surface area contributed by atoms with Crippen LogP contribution in [-0.4, -0.2) is 44.0 Å². The maximum Gasteiger partial charge on any atom is 0.234 e. The molecule has 0 heterocycles. The molecule has 0 aliphatic rings. The highest BCUT2D eigenvalue weighted by Gasteiger charge is 2.13. The number of ether oxygens (including phenoxy) is 2. The molecule has 1 amide bonds. The lowest BCUT2D eigenvalue weighted by atomic mass is 10.1. The largest absolute Gasteiger partial charge is 0.353 e. The van der Waals surface area contributed by atoms with Crippen molar-refractivity contribution >= 4 is 5.91 Å². The van der Waals surface area contributed by atoms with Gasteiger partial charge in [0.2, 0.25) is 5.91 Å². The van der Waals surface area contributed by atoms with E-state index in [4.69, 9.17) is 9.47 Å². The van der Waals surface area contributed by atoms with Gasteiger partial charge in [-0.3, -0.25) is 4.79 Å². The van der Waals surface area contributed by atoms with Gasteiger partial charge < -0.3 is 20.1 Å². The van der Waals surface area contributed by atoms with Gasteiger partial charge in [-0.2, -0.15) is 0 Å². The van der Waals surface area contributed by atoms with Crippen LogP contribution in [0.3, 0.4) is 0 Å². The van der Waals surface area contributed by atoms with Gasteiger partial charge in [-0.05, 0) is 34.6 Å². The summed E-state index contributed by atoms with van der Waals surface area (Å²) in [6.45, 7) is 12.1. The maximum atomic E-state index is 11.5. The van der Waals surface area contributed by atoms with E-state index >= 15 is 0 Å². The van der Waals surface area contributed by atoms with Gasteiger partial charge in [-0.25, -0.2) is 0 Å². The van der Waals surface area contributed by atoms with Gasteiger partial charge in [-0.1, -0.05) is 0 Å². The molecule has 0 aromatic rings. The zero-order chi connectivity index (χ0) is 14.0. The van der Waals surface area contributed by atoms with E-state index < -0.39 is 0 Å². The maximum absolute atomic E-state index is 11.5. The molecule has 2 N–H and O–H groups in total. The van der Waals surface area contributed by atoms with Gasteiger partial charge in [-0.15, -0.1) is 0 Å². The highest BCUT2D eigenvalue weighted by atomic mass is 16.7. The molecule has 0 saturated carbocycles. The summed E-state index contributed by atoms with van der Waals surface area (Å²) in [7, 11) is 0. The normalized spacial score (nSPS) is 11.9. The summed E-state index contributed by atoms with van der Waals surface area (Å²) in [6, 6.07) is 0. The molecule has 18 heavy (non-hydrogen) atoms. The van der Waals surface area contributed by atoms with Crippen LogP contribution in [0.25, 0.3) is 0 Å². The minimum absolute atomic E-state index is 0.00636. The second-order valence-corrected chi connectivity index (χ2v) is 5.10. The van der Waals surface area contributed by atoms with E-state index in [1.807, 2.05) is 34.6 Å². The molecule has 0 aliphatic heterocycles. The molecule has 0 spiro atoms. The third-order valence-corrected chi connectivity index (χ3v) is 2.06. The van der Waals surface area contributed by atoms with Crippen molar-refractivity contribution in [1.29, 1.82) is 0 Å². The molecule has 0 unspecified atom stereocenters. The Bertz CT molecular complexity index is 221. The first-order chi connectivity index (χ1) is 8.39. The van der Waals surface area contributed by atoms with E-state index in [1.165, 1.54) is 0 Å². The first-order valence-corrected chi connectivity index (χ1v) is 6.64. The molecule has 108 valence electrons. The molecule has 0 fully saturated rings. The molecule has 5 heteroatoms. The number of carbonyl (C=O) groups is 1. The number of hydrogen-bond acceptors (Lipinski definition) is 4. The third-order valence-electron chi connectivity index (χ3n) is 2.06. The van der Waals surface area contributed by atoms with E-state index in [0.717, 1.165) is 6.42 Å². The fraction of sp³-hybridized carbons (Fsp3) is 0.923. The third kappa shape index (κ3) is 10.5. The number of nitrogens with one attached hydrogen (secondary N) is 2. The van der Waals surface area contributed by atoms with Gasteiger partial charge in [0.05, 0.1) is 6.54 Å². The van der Waals surface area contributed by atoms with Gasteiger partial charge >= 0.3 is 0 Å². The molecule has 0 saturated heterocycles. The minimum Gasteiger partial charge on any atom is -0.353 e. The number of carbonyl (C=O) groups excluding carboxylic acids is 1. The molecular formula is C13H28N2O3. The summed E-state index contributed by atoms with van der Waals surface area (Å²) in [5.41, 5.74) is -0.183. The first kappa shape index (κ1) is 17.4. The van der Waals surface area contributed by atoms with Crippen molar-refractivity contribution in [3.63, 3.8) is 0 Å². The Balaban J connectivity index is 3.67. The lowest BCUT2D eigenvalue weighted by Gasteiger charge is -2.21. The van der Waals surface area contributed by atoms with Crippen molar-refractivity contribution in [3.8, 4) is 0 Å². The Morgan fingerprint density at radius 2 is 1.72 bits per heavy atom. The number of amides is 1. The second kappa shape index (κ2) is 9.30. The van der Waals surface area contributed by atoms with Crippen molar-refractivity contribution in [3.05, 3.63) is 0 Å². The van der Waals surface area contributed by atoms with Crippen molar-refractivity contribution < 1.29 is 14.3 Å². The summed E-state index contributed by atoms with van der Waals surface area (Å²) in [5.74, 6) is 0.00636. The van der Waals surface area contributed by atoms with E-state index in [2.05, 4.69) is 10.6 Å². The van der Waals surface area contributed by atoms with Crippen molar-refractivity contribution in [2.75, 3.05) is 26.3 Å². The Morgan fingerprint density at radius 3 is 2.17 bits per heavy atom. The average Bonchev–Trinajstić information content (AvgIpc) is 2.22. The second-order valence-electron chi connectivity index (χ2n) is 5.10. The van der Waals surface area contributed by atoms with E-state index in [1.54, 1.807) is 0 Å². The fourth-order valence-corrected chi connectivity index (χ4v) is 1.47. The summed E-state index contributed by atoms with van der Waals surface area (Å²) in [6.07, 6.45) is 0.558. The standard InChI is InChI=1S/C13H28N2O3/c1-6-17-12(18-7-2)8-9-14-10-11(16)15-13(3,4)5/h12,14H,6-10H2,1-5H3,(H,15,16). The van der Waals surface area contributed by atoms with Gasteiger partial charge in [0.15, 0.2) is 6.29 Å². The minimum atomic E-state index is -0.183. The predicted octanol–water partition coefficient (Wildman–Crippen LogP) is 1.28. The van der Waals surface area contributed by atoms with Crippen molar-refractivity contribution in [2.45, 2.75) is 52.9 Å². The summed E-state index contributed by atoms with van der Waals surface area (Å²) >= 11 is 0. The first-order valence-electron chi connectivity index (χ1n) is 6.64. The lowest BCUT2D eigenvalue weighted by molar-refractivity contribution is -0.139. The van der Waals surface area contributed by atoms with Crippen LogP contribution in [0.15, 0.2) is 0 Å². The molecule has 0 aliphatic carbocycles. The Kier molecular flexibility index (Phi) is 8.97. The van der Waals surface area contributed by atoms with Crippen LogP contribution in [0.4, 0.5) is 0 Å². The van der Waals surface area contributed by atoms with Crippen LogP contribution < -0.4 is 10.6 Å². The molecule has 0 rings (SSSR count). The van der Waals surface area contributed by atoms with Gasteiger partial charge in [0, 0.05) is 31.7 Å². The quantitative estimate of drug-likeness (QED) is 0.484. The van der Waals surface area contributed by atoms with E-state index in [-0.39, 0.29) is 17.7 Å². The molecular weight excluding hydrogens is 232 g/mol. The van der Waals surface area contributed by atoms with Crippen LogP contribution in [0.5, 0.6) is 0 Å². The zero-order valence-corrected chi connectivity index (χ0v) is 12.3. The summed E-state index contributed by atoms with van der Waals surface area (Å²) in [4.78, 5) is 11.5.